The van der Waals surface area contributed by atoms with Crippen LogP contribution in [-0.4, -0.2) is 27.3 Å². The van der Waals surface area contributed by atoms with Crippen LogP contribution in [0.5, 0.6) is 0 Å². The maximum atomic E-state index is 0. The van der Waals surface area contributed by atoms with Gasteiger partial charge in [0.2, 0.25) is 0 Å². The van der Waals surface area contributed by atoms with Crippen LogP contribution in [0.4, 0.5) is 0 Å². The molecule has 0 bridgehead atoms. The Balaban J connectivity index is 0. The Kier molecular flexibility index (Phi) is 170. The average Bonchev–Trinajstić information content (AvgIpc) is 0. The van der Waals surface area contributed by atoms with Gasteiger partial charge >= 0.3 is 66.7 Å². The van der Waals surface area contributed by atoms with Crippen molar-refractivity contribution in [2.45, 2.75) is 0 Å². The van der Waals surface area contributed by atoms with E-state index >= 15 is 0 Å². The van der Waals surface area contributed by atoms with E-state index in [4.69, 9.17) is 0 Å². The third-order valence-electron chi connectivity index (χ3n) is 0. The molecule has 0 fully saturated rings. The smallest absolute Gasteiger partial charge is 2.00 e. The summed E-state index contributed by atoms with van der Waals surface area (Å²) in [5.41, 5.74) is 0. The normalized spacial score (nSPS) is 0. The van der Waals surface area contributed by atoms with Crippen LogP contribution in [0, 0.1) is 0 Å². The second-order valence-electron chi connectivity index (χ2n) is 0. The molecule has 1 nitrogen and oxygen atoms in total. The standard InChI is InChI=1S/Fe.Nb.O.Pb/q+2;+5;-2;+2. The molecule has 0 aliphatic heterocycles. The van der Waals surface area contributed by atoms with Crippen LogP contribution in [0.15, 0.2) is 0 Å². The van der Waals surface area contributed by atoms with E-state index in [-0.39, 0.29) is 72.2 Å². The van der Waals surface area contributed by atoms with Crippen molar-refractivity contribution in [2.24, 2.45) is 0 Å². The first-order chi connectivity index (χ1) is 0. The summed E-state index contributed by atoms with van der Waals surface area (Å²) in [5.74, 6) is 0. The van der Waals surface area contributed by atoms with Crippen LogP contribution < -0.4 is 0 Å². The number of hydrogen-bond donors (Lipinski definition) is 0. The summed E-state index contributed by atoms with van der Waals surface area (Å²) in [6.45, 7) is 0. The van der Waals surface area contributed by atoms with Crippen LogP contribution in [0.3, 0.4) is 0 Å². The fourth-order valence-corrected chi connectivity index (χ4v) is 0. The van der Waals surface area contributed by atoms with Gasteiger partial charge in [-0.05, 0) is 0 Å². The summed E-state index contributed by atoms with van der Waals surface area (Å²) < 4.78 is 0. The van der Waals surface area contributed by atoms with E-state index < -0.39 is 0 Å². The SMILES string of the molecule is [Fe+2].[Nb+5].[O-2].[Pb+2]. The van der Waals surface area contributed by atoms with Gasteiger partial charge < -0.3 is 5.48 Å². The largest absolute Gasteiger partial charge is 5.00 e. The molecule has 16 valence electrons. The van der Waals surface area contributed by atoms with Crippen molar-refractivity contribution in [3.63, 3.8) is 0 Å². The molecule has 4 heteroatoms. The Labute approximate surface area is 71.4 Å². The molecule has 2 radical (unpaired) electrons. The molecule has 0 saturated heterocycles. The summed E-state index contributed by atoms with van der Waals surface area (Å²) in [6, 6.07) is 0. The maximum Gasteiger partial charge on any atom is 5.00 e. The van der Waals surface area contributed by atoms with Crippen LogP contribution >= 0.6 is 0 Å². The van der Waals surface area contributed by atoms with E-state index in [1.165, 1.54) is 0 Å². The molecule has 0 amide bonds. The van der Waals surface area contributed by atoms with Gasteiger partial charge in [0.15, 0.2) is 0 Å². The molecule has 0 aliphatic rings. The predicted molar refractivity (Wildman–Crippen MR) is 6.44 cm³/mol. The number of hydrogen-bond acceptors (Lipinski definition) is 0. The quantitative estimate of drug-likeness (QED) is 0.513. The first-order valence-electron chi connectivity index (χ1n) is 0. The van der Waals surface area contributed by atoms with Crippen LogP contribution in [0.2, 0.25) is 0 Å². The van der Waals surface area contributed by atoms with E-state index in [1.54, 1.807) is 0 Å². The fourth-order valence-electron chi connectivity index (χ4n) is 0. The summed E-state index contributed by atoms with van der Waals surface area (Å²) >= 11 is 0. The molecular formula is FeNbOPb+7. The Bertz CT molecular complexity index is 8.00. The molecule has 0 rings (SSSR count). The minimum absolute atomic E-state index is 0. The molecule has 0 unspecified atom stereocenters. The van der Waals surface area contributed by atoms with Crippen molar-refractivity contribution >= 4 is 27.3 Å². The second-order valence-corrected chi connectivity index (χ2v) is 0. The topological polar surface area (TPSA) is 28.5 Å². The van der Waals surface area contributed by atoms with Gasteiger partial charge in [0.25, 0.3) is 0 Å². The first kappa shape index (κ1) is 35.4. The van der Waals surface area contributed by atoms with E-state index in [0.717, 1.165) is 0 Å². The van der Waals surface area contributed by atoms with E-state index in [9.17, 15) is 0 Å². The van der Waals surface area contributed by atoms with Crippen molar-refractivity contribution in [3.05, 3.63) is 0 Å². The van der Waals surface area contributed by atoms with Gasteiger partial charge in [0, 0.05) is 0 Å². The Morgan fingerprint density at radius 2 is 1.00 bits per heavy atom. The summed E-state index contributed by atoms with van der Waals surface area (Å²) in [6.07, 6.45) is 0. The monoisotopic (exact) mass is 373 g/mol. The Hall–Kier alpha value is 2.14. The van der Waals surface area contributed by atoms with Crippen LogP contribution in [0.1, 0.15) is 0 Å². The third-order valence-corrected chi connectivity index (χ3v) is 0. The first-order valence-corrected chi connectivity index (χ1v) is 0. The molecule has 0 aromatic heterocycles. The van der Waals surface area contributed by atoms with E-state index in [1.807, 2.05) is 0 Å². The van der Waals surface area contributed by atoms with Gasteiger partial charge in [-0.1, -0.05) is 0 Å². The van der Waals surface area contributed by atoms with Crippen molar-refractivity contribution in [1.82, 2.24) is 0 Å². The minimum Gasteiger partial charge on any atom is -2.00 e. The molecule has 0 aromatic rings. The van der Waals surface area contributed by atoms with Gasteiger partial charge in [-0.25, -0.2) is 0 Å². The summed E-state index contributed by atoms with van der Waals surface area (Å²) in [7, 11) is 0. The molecule has 0 aliphatic carbocycles. The molecule has 0 spiro atoms. The van der Waals surface area contributed by atoms with Crippen LogP contribution in [-0.2, 0) is 44.9 Å². The van der Waals surface area contributed by atoms with Gasteiger partial charge in [0.05, 0.1) is 0 Å². The molecule has 4 heavy (non-hydrogen) atoms. The molecular weight excluding hydrogens is 372 g/mol. The molecule has 0 saturated carbocycles. The van der Waals surface area contributed by atoms with Crippen molar-refractivity contribution in [3.8, 4) is 0 Å². The fraction of sp³-hybridized carbons (Fsp3) is 0. The van der Waals surface area contributed by atoms with Gasteiger partial charge in [-0.15, -0.1) is 0 Å². The van der Waals surface area contributed by atoms with E-state index in [2.05, 4.69) is 0 Å². The predicted octanol–water partition coefficient (Wildman–Crippen LogP) is -0.505. The zero-order chi connectivity index (χ0) is 0. The Morgan fingerprint density at radius 1 is 1.00 bits per heavy atom. The van der Waals surface area contributed by atoms with Gasteiger partial charge in [-0.2, -0.15) is 0 Å². The average molecular weight is 372 g/mol. The van der Waals surface area contributed by atoms with Gasteiger partial charge in [-0.3, -0.25) is 0 Å². The summed E-state index contributed by atoms with van der Waals surface area (Å²) in [4.78, 5) is 0. The van der Waals surface area contributed by atoms with Crippen molar-refractivity contribution in [1.29, 1.82) is 0 Å². The third kappa shape index (κ3) is 8.91. The second kappa shape index (κ2) is 19.2. The van der Waals surface area contributed by atoms with Crippen molar-refractivity contribution in [2.75, 3.05) is 0 Å². The van der Waals surface area contributed by atoms with Gasteiger partial charge in [0.1, 0.15) is 0 Å². The van der Waals surface area contributed by atoms with E-state index in [0.29, 0.717) is 0 Å². The minimum atomic E-state index is 0. The summed E-state index contributed by atoms with van der Waals surface area (Å²) in [5, 5.41) is 0. The Morgan fingerprint density at radius 3 is 1.00 bits per heavy atom. The van der Waals surface area contributed by atoms with Crippen molar-refractivity contribution < 1.29 is 44.9 Å². The molecule has 0 N–H and O–H groups in total. The number of rotatable bonds is 0. The zero-order valence-electron chi connectivity index (χ0n) is 1.71. The molecule has 0 atom stereocenters. The molecule has 0 aromatic carbocycles. The van der Waals surface area contributed by atoms with Crippen LogP contribution in [0.25, 0.3) is 0 Å². The maximum absolute atomic E-state index is 0. The zero-order valence-corrected chi connectivity index (χ0v) is 8.90. The molecule has 0 heterocycles.